The minimum absolute atomic E-state index is 0.557. The van der Waals surface area contributed by atoms with E-state index in [1.807, 2.05) is 31.3 Å². The second-order valence-corrected chi connectivity index (χ2v) is 6.24. The van der Waals surface area contributed by atoms with E-state index in [-0.39, 0.29) is 0 Å². The molecule has 0 aliphatic rings. The number of benzene rings is 1. The van der Waals surface area contributed by atoms with E-state index in [2.05, 4.69) is 28.2 Å². The average molecular weight is 386 g/mol. The van der Waals surface area contributed by atoms with Gasteiger partial charge in [-0.25, -0.2) is 9.98 Å². The molecule has 2 rings (SSSR count). The molecule has 7 heteroatoms. The molecular formula is C21H30N4O3. The topological polar surface area (TPSA) is 68.2 Å². The van der Waals surface area contributed by atoms with Crippen molar-refractivity contribution >= 4 is 5.96 Å². The molecule has 1 aromatic heterocycles. The van der Waals surface area contributed by atoms with Crippen LogP contribution in [0.15, 0.2) is 41.5 Å². The van der Waals surface area contributed by atoms with Crippen molar-refractivity contribution in [3.8, 4) is 17.4 Å². The molecule has 0 bridgehead atoms. The lowest BCUT2D eigenvalue weighted by Gasteiger charge is -2.22. The molecule has 152 valence electrons. The summed E-state index contributed by atoms with van der Waals surface area (Å²) >= 11 is 0. The van der Waals surface area contributed by atoms with Gasteiger partial charge in [-0.1, -0.05) is 6.07 Å². The lowest BCUT2D eigenvalue weighted by atomic mass is 10.1. The Hall–Kier alpha value is -2.96. The van der Waals surface area contributed by atoms with Gasteiger partial charge >= 0.3 is 0 Å². The van der Waals surface area contributed by atoms with Crippen LogP contribution >= 0.6 is 0 Å². The smallest absolute Gasteiger partial charge is 0.213 e. The summed E-state index contributed by atoms with van der Waals surface area (Å²) in [4.78, 5) is 11.0. The highest BCUT2D eigenvalue weighted by Gasteiger charge is 2.09. The first-order chi connectivity index (χ1) is 13.6. The molecule has 0 fully saturated rings. The first-order valence-electron chi connectivity index (χ1n) is 9.30. The molecule has 1 aromatic carbocycles. The van der Waals surface area contributed by atoms with Crippen molar-refractivity contribution in [2.45, 2.75) is 19.9 Å². The summed E-state index contributed by atoms with van der Waals surface area (Å²) in [6, 6.07) is 9.85. The molecule has 2 aromatic rings. The van der Waals surface area contributed by atoms with Crippen molar-refractivity contribution in [2.24, 2.45) is 4.99 Å². The average Bonchev–Trinajstić information content (AvgIpc) is 2.74. The number of aliphatic imine (C=N–C) groups is 1. The number of guanidine groups is 1. The Bertz CT molecular complexity index is 780. The minimum atomic E-state index is 0.557. The van der Waals surface area contributed by atoms with Crippen molar-refractivity contribution in [1.82, 2.24) is 15.2 Å². The van der Waals surface area contributed by atoms with Gasteiger partial charge in [-0.15, -0.1) is 0 Å². The lowest BCUT2D eigenvalue weighted by Crippen LogP contribution is -2.39. The van der Waals surface area contributed by atoms with Gasteiger partial charge in [-0.05, 0) is 42.7 Å². The van der Waals surface area contributed by atoms with Crippen LogP contribution in [0.5, 0.6) is 17.4 Å². The normalized spacial score (nSPS) is 11.1. The number of rotatable bonds is 9. The van der Waals surface area contributed by atoms with E-state index in [1.54, 1.807) is 27.5 Å². The fourth-order valence-corrected chi connectivity index (χ4v) is 2.74. The third kappa shape index (κ3) is 6.04. The van der Waals surface area contributed by atoms with Crippen LogP contribution in [0, 0.1) is 0 Å². The van der Waals surface area contributed by atoms with Gasteiger partial charge in [0.05, 0.1) is 27.9 Å². The fraction of sp³-hybridized carbons (Fsp3) is 0.429. The molecule has 0 amide bonds. The zero-order valence-electron chi connectivity index (χ0n) is 17.4. The van der Waals surface area contributed by atoms with E-state index in [1.165, 1.54) is 5.56 Å². The molecule has 1 N–H and O–H groups in total. The molecule has 7 nitrogen and oxygen atoms in total. The highest BCUT2D eigenvalue weighted by atomic mass is 16.5. The van der Waals surface area contributed by atoms with E-state index in [0.717, 1.165) is 42.5 Å². The van der Waals surface area contributed by atoms with E-state index in [4.69, 9.17) is 19.2 Å². The van der Waals surface area contributed by atoms with Crippen molar-refractivity contribution in [1.29, 1.82) is 0 Å². The maximum Gasteiger partial charge on any atom is 0.213 e. The van der Waals surface area contributed by atoms with Crippen LogP contribution in [-0.4, -0.2) is 57.3 Å². The number of hydrogen-bond donors (Lipinski definition) is 1. The third-order valence-electron chi connectivity index (χ3n) is 4.30. The highest BCUT2D eigenvalue weighted by Crippen LogP contribution is 2.27. The summed E-state index contributed by atoms with van der Waals surface area (Å²) in [6.45, 7) is 4.25. The van der Waals surface area contributed by atoms with Crippen LogP contribution < -0.4 is 19.5 Å². The minimum Gasteiger partial charge on any atom is -0.493 e. The summed E-state index contributed by atoms with van der Waals surface area (Å²) in [7, 11) is 6.94. The Labute approximate surface area is 167 Å². The number of hydrogen-bond acceptors (Lipinski definition) is 5. The molecule has 28 heavy (non-hydrogen) atoms. The van der Waals surface area contributed by atoms with Gasteiger partial charge in [0.15, 0.2) is 17.5 Å². The number of pyridine rings is 1. The Morgan fingerprint density at radius 1 is 1.04 bits per heavy atom. The van der Waals surface area contributed by atoms with Crippen LogP contribution in [0.2, 0.25) is 0 Å². The van der Waals surface area contributed by atoms with Gasteiger partial charge in [-0.3, -0.25) is 0 Å². The molecule has 1 heterocycles. The van der Waals surface area contributed by atoms with E-state index in [9.17, 15) is 0 Å². The van der Waals surface area contributed by atoms with E-state index >= 15 is 0 Å². The first-order valence-corrected chi connectivity index (χ1v) is 9.30. The predicted octanol–water partition coefficient (Wildman–Crippen LogP) is 2.75. The number of aromatic nitrogens is 1. The van der Waals surface area contributed by atoms with Gasteiger partial charge in [-0.2, -0.15) is 0 Å². The number of nitrogens with zero attached hydrogens (tertiary/aromatic N) is 3. The van der Waals surface area contributed by atoms with Gasteiger partial charge in [0, 0.05) is 32.4 Å². The monoisotopic (exact) mass is 386 g/mol. The summed E-state index contributed by atoms with van der Waals surface area (Å²) in [5, 5.41) is 3.34. The summed E-state index contributed by atoms with van der Waals surface area (Å²) in [5.41, 5.74) is 2.23. The largest absolute Gasteiger partial charge is 0.493 e. The Morgan fingerprint density at radius 3 is 2.50 bits per heavy atom. The van der Waals surface area contributed by atoms with Crippen LogP contribution in [0.1, 0.15) is 18.1 Å². The molecule has 0 saturated heterocycles. The molecule has 0 aliphatic heterocycles. The zero-order valence-corrected chi connectivity index (χ0v) is 17.4. The number of ether oxygens (including phenoxy) is 3. The Kier molecular flexibility index (Phi) is 8.39. The standard InChI is InChI=1S/C21H30N4O3/c1-6-22-21(24-15-17-9-11-23-20(14-17)28-5)25(2)12-10-16-7-8-18(26-3)19(13-16)27-4/h7-9,11,13-14H,6,10,12,15H2,1-5H3,(H,22,24). The van der Waals surface area contributed by atoms with Gasteiger partial charge in [0.2, 0.25) is 5.88 Å². The SMILES string of the molecule is CCNC(=NCc1ccnc(OC)c1)N(C)CCc1ccc(OC)c(OC)c1. The van der Waals surface area contributed by atoms with Crippen LogP contribution in [0.3, 0.4) is 0 Å². The Morgan fingerprint density at radius 2 is 1.82 bits per heavy atom. The third-order valence-corrected chi connectivity index (χ3v) is 4.30. The van der Waals surface area contributed by atoms with Crippen LogP contribution in [0.25, 0.3) is 0 Å². The van der Waals surface area contributed by atoms with E-state index < -0.39 is 0 Å². The predicted molar refractivity (Wildman–Crippen MR) is 111 cm³/mol. The maximum atomic E-state index is 5.39. The molecular weight excluding hydrogens is 356 g/mol. The second-order valence-electron chi connectivity index (χ2n) is 6.24. The summed E-state index contributed by atoms with van der Waals surface area (Å²) in [5.74, 6) is 2.94. The molecule has 0 unspecified atom stereocenters. The second kappa shape index (κ2) is 11.0. The zero-order chi connectivity index (χ0) is 20.4. The molecule has 0 atom stereocenters. The molecule has 0 spiro atoms. The highest BCUT2D eigenvalue weighted by molar-refractivity contribution is 5.79. The van der Waals surface area contributed by atoms with Crippen molar-refractivity contribution in [3.63, 3.8) is 0 Å². The quantitative estimate of drug-likeness (QED) is 0.528. The molecule has 0 aliphatic carbocycles. The van der Waals surface area contributed by atoms with Crippen LogP contribution in [-0.2, 0) is 13.0 Å². The van der Waals surface area contributed by atoms with Gasteiger partial charge in [0.1, 0.15) is 0 Å². The number of nitrogens with one attached hydrogen (secondary N) is 1. The summed E-state index contributed by atoms with van der Waals surface area (Å²) < 4.78 is 15.9. The van der Waals surface area contributed by atoms with Gasteiger partial charge in [0.25, 0.3) is 0 Å². The van der Waals surface area contributed by atoms with Crippen molar-refractivity contribution < 1.29 is 14.2 Å². The van der Waals surface area contributed by atoms with E-state index in [0.29, 0.717) is 12.4 Å². The lowest BCUT2D eigenvalue weighted by molar-refractivity contribution is 0.354. The molecule has 0 saturated carbocycles. The number of methoxy groups -OCH3 is 3. The van der Waals surface area contributed by atoms with Gasteiger partial charge < -0.3 is 24.4 Å². The molecule has 0 radical (unpaired) electrons. The van der Waals surface area contributed by atoms with Crippen molar-refractivity contribution in [2.75, 3.05) is 41.5 Å². The first kappa shape index (κ1) is 21.3. The fourth-order valence-electron chi connectivity index (χ4n) is 2.74. The van der Waals surface area contributed by atoms with Crippen LogP contribution in [0.4, 0.5) is 0 Å². The Balaban J connectivity index is 2.02. The maximum absolute atomic E-state index is 5.39. The number of likely N-dealkylation sites (N-methyl/N-ethyl adjacent to an activating group) is 1. The van der Waals surface area contributed by atoms with Crippen molar-refractivity contribution in [3.05, 3.63) is 47.7 Å². The summed E-state index contributed by atoms with van der Waals surface area (Å²) in [6.07, 6.45) is 2.60.